The van der Waals surface area contributed by atoms with Crippen molar-refractivity contribution in [1.29, 1.82) is 0 Å². The van der Waals surface area contributed by atoms with Crippen LogP contribution in [0, 0.1) is 13.8 Å². The highest BCUT2D eigenvalue weighted by Crippen LogP contribution is 2.25. The van der Waals surface area contributed by atoms with Crippen LogP contribution in [0.2, 0.25) is 0 Å². The monoisotopic (exact) mass is 310 g/mol. The summed E-state index contributed by atoms with van der Waals surface area (Å²) in [5.74, 6) is -0.355. The Labute approximate surface area is 122 Å². The molecule has 1 aliphatic rings. The lowest BCUT2D eigenvalue weighted by atomic mass is 10.2. The van der Waals surface area contributed by atoms with Crippen LogP contribution in [0.25, 0.3) is 0 Å². The summed E-state index contributed by atoms with van der Waals surface area (Å²) < 4.78 is 42.4. The molecule has 0 spiro atoms. The van der Waals surface area contributed by atoms with Crippen LogP contribution < -0.4 is 4.74 Å². The first-order chi connectivity index (χ1) is 9.79. The number of hydrogen-bond donors (Lipinski definition) is 0. The fourth-order valence-corrected chi connectivity index (χ4v) is 2.40. The van der Waals surface area contributed by atoms with Gasteiger partial charge in [0, 0.05) is 23.9 Å². The van der Waals surface area contributed by atoms with E-state index in [2.05, 4.69) is 9.97 Å². The van der Waals surface area contributed by atoms with E-state index in [1.54, 1.807) is 13.8 Å². The van der Waals surface area contributed by atoms with Crippen molar-refractivity contribution in [3.8, 4) is 5.88 Å². The molecule has 7 heteroatoms. The molecule has 0 radical (unpaired) electrons. The second kappa shape index (κ2) is 5.77. The van der Waals surface area contributed by atoms with Gasteiger partial charge in [-0.2, -0.15) is 0 Å². The maximum absolute atomic E-state index is 14.0. The first-order valence-electron chi connectivity index (χ1n) is 6.22. The molecule has 0 fully saturated rings. The van der Waals surface area contributed by atoms with Gasteiger partial charge in [0.1, 0.15) is 12.2 Å². The Hall–Kier alpha value is -2.02. The van der Waals surface area contributed by atoms with Crippen LogP contribution in [-0.2, 0) is 9.84 Å². The average Bonchev–Trinajstić information content (AvgIpc) is 2.57. The Morgan fingerprint density at radius 2 is 1.95 bits per heavy atom. The van der Waals surface area contributed by atoms with Crippen molar-refractivity contribution in [3.63, 3.8) is 0 Å². The normalized spacial score (nSPS) is 15.7. The van der Waals surface area contributed by atoms with Gasteiger partial charge in [0.05, 0.1) is 4.91 Å². The lowest BCUT2D eigenvalue weighted by molar-refractivity contribution is 0.392. The molecule has 0 amide bonds. The Kier molecular flexibility index (Phi) is 4.22. The predicted octanol–water partition coefficient (Wildman–Crippen LogP) is 2.54. The van der Waals surface area contributed by atoms with Gasteiger partial charge in [0.2, 0.25) is 5.88 Å². The highest BCUT2D eigenvalue weighted by Gasteiger charge is 2.16. The van der Waals surface area contributed by atoms with Gasteiger partial charge in [-0.05, 0) is 26.0 Å². The van der Waals surface area contributed by atoms with E-state index < -0.39 is 15.7 Å². The van der Waals surface area contributed by atoms with Gasteiger partial charge in [-0.15, -0.1) is 0 Å². The topological polar surface area (TPSA) is 69.2 Å². The third-order valence-corrected chi connectivity index (χ3v) is 4.23. The molecule has 0 bridgehead atoms. The molecule has 112 valence electrons. The van der Waals surface area contributed by atoms with Crippen LogP contribution in [0.3, 0.4) is 0 Å². The van der Waals surface area contributed by atoms with Crippen LogP contribution in [0.1, 0.15) is 17.7 Å². The Morgan fingerprint density at radius 3 is 2.62 bits per heavy atom. The number of allylic oxidation sites excluding steroid dienone is 4. The lowest BCUT2D eigenvalue weighted by Gasteiger charge is -2.09. The zero-order valence-electron chi connectivity index (χ0n) is 11.9. The number of sulfone groups is 1. The number of ether oxygens (including phenoxy) is 1. The molecule has 0 N–H and O–H groups in total. The Morgan fingerprint density at radius 1 is 1.24 bits per heavy atom. The van der Waals surface area contributed by atoms with E-state index in [-0.39, 0.29) is 23.0 Å². The van der Waals surface area contributed by atoms with E-state index in [1.807, 2.05) is 0 Å². The molecular formula is C14H15FN2O3S. The minimum atomic E-state index is -3.38. The summed E-state index contributed by atoms with van der Waals surface area (Å²) in [6.45, 7) is 3.56. The molecule has 0 atom stereocenters. The number of hydrogen-bond acceptors (Lipinski definition) is 5. The van der Waals surface area contributed by atoms with E-state index >= 15 is 0 Å². The summed E-state index contributed by atoms with van der Waals surface area (Å²) >= 11 is 0. The van der Waals surface area contributed by atoms with Crippen LogP contribution in [0.15, 0.2) is 41.0 Å². The molecule has 1 aliphatic carbocycles. The molecular weight excluding hydrogens is 295 g/mol. The summed E-state index contributed by atoms with van der Waals surface area (Å²) in [6, 6.07) is 0. The number of aromatic nitrogens is 2. The molecule has 2 rings (SSSR count). The average molecular weight is 310 g/mol. The van der Waals surface area contributed by atoms with E-state index in [0.717, 1.165) is 11.9 Å². The minimum Gasteiger partial charge on any atom is -0.436 e. The third-order valence-electron chi connectivity index (χ3n) is 3.07. The van der Waals surface area contributed by atoms with Crippen LogP contribution in [-0.4, -0.2) is 24.6 Å². The zero-order chi connectivity index (χ0) is 15.6. The summed E-state index contributed by atoms with van der Waals surface area (Å²) in [6.07, 6.45) is 6.19. The Balaban J connectivity index is 2.31. The van der Waals surface area contributed by atoms with E-state index in [4.69, 9.17) is 4.74 Å². The van der Waals surface area contributed by atoms with Crippen molar-refractivity contribution in [2.24, 2.45) is 0 Å². The molecule has 1 heterocycles. The molecule has 21 heavy (non-hydrogen) atoms. The van der Waals surface area contributed by atoms with Crippen molar-refractivity contribution in [2.45, 2.75) is 20.3 Å². The van der Waals surface area contributed by atoms with Crippen molar-refractivity contribution in [2.75, 3.05) is 6.26 Å². The summed E-state index contributed by atoms with van der Waals surface area (Å²) in [7, 11) is -3.38. The van der Waals surface area contributed by atoms with Crippen LogP contribution in [0.5, 0.6) is 5.88 Å². The molecule has 1 aromatic rings. The molecule has 0 aliphatic heterocycles. The maximum atomic E-state index is 14.0. The first kappa shape index (κ1) is 15.4. The van der Waals surface area contributed by atoms with Gasteiger partial charge in [0.15, 0.2) is 15.6 Å². The van der Waals surface area contributed by atoms with Gasteiger partial charge in [-0.25, -0.2) is 22.8 Å². The summed E-state index contributed by atoms with van der Waals surface area (Å²) in [5, 5.41) is 0. The van der Waals surface area contributed by atoms with Gasteiger partial charge in [-0.3, -0.25) is 0 Å². The molecule has 5 nitrogen and oxygen atoms in total. The summed E-state index contributed by atoms with van der Waals surface area (Å²) in [5.41, 5.74) is 1.43. The zero-order valence-corrected chi connectivity index (χ0v) is 12.7. The smallest absolute Gasteiger partial charge is 0.225 e. The van der Waals surface area contributed by atoms with Gasteiger partial charge < -0.3 is 4.74 Å². The van der Waals surface area contributed by atoms with Crippen LogP contribution in [0.4, 0.5) is 4.39 Å². The number of nitrogens with zero attached hydrogens (tertiary/aromatic N) is 2. The van der Waals surface area contributed by atoms with Crippen molar-refractivity contribution >= 4 is 9.84 Å². The Bertz CT molecular complexity index is 764. The van der Waals surface area contributed by atoms with Crippen molar-refractivity contribution in [3.05, 3.63) is 52.3 Å². The fraction of sp³-hybridized carbons (Fsp3) is 0.286. The quantitative estimate of drug-likeness (QED) is 0.858. The minimum absolute atomic E-state index is 0.0499. The van der Waals surface area contributed by atoms with Gasteiger partial charge >= 0.3 is 0 Å². The standard InChI is InChI=1S/C14H15FN2O3S/c1-9-10(2)16-8-17-14(9)20-13-7-5-11(21(3,18)19)4-6-12(13)15/h4-5,7-8H,6H2,1-3H3. The second-order valence-electron chi connectivity index (χ2n) is 4.68. The first-order valence-corrected chi connectivity index (χ1v) is 8.11. The number of aryl methyl sites for hydroxylation is 1. The number of rotatable bonds is 3. The van der Waals surface area contributed by atoms with Crippen LogP contribution >= 0.6 is 0 Å². The second-order valence-corrected chi connectivity index (χ2v) is 6.69. The highest BCUT2D eigenvalue weighted by atomic mass is 32.2. The highest BCUT2D eigenvalue weighted by molar-refractivity contribution is 7.94. The predicted molar refractivity (Wildman–Crippen MR) is 77.0 cm³/mol. The largest absolute Gasteiger partial charge is 0.436 e. The maximum Gasteiger partial charge on any atom is 0.225 e. The van der Waals surface area contributed by atoms with E-state index in [0.29, 0.717) is 5.56 Å². The van der Waals surface area contributed by atoms with E-state index in [1.165, 1.54) is 24.6 Å². The summed E-state index contributed by atoms with van der Waals surface area (Å²) in [4.78, 5) is 8.03. The number of halogens is 1. The van der Waals surface area contributed by atoms with E-state index in [9.17, 15) is 12.8 Å². The SMILES string of the molecule is Cc1ncnc(OC2=C(F)CC=C(S(C)(=O)=O)C=C2)c1C. The van der Waals surface area contributed by atoms with Gasteiger partial charge in [0.25, 0.3) is 0 Å². The molecule has 0 unspecified atom stereocenters. The molecule has 1 aromatic heterocycles. The third kappa shape index (κ3) is 3.55. The van der Waals surface area contributed by atoms with Crippen molar-refractivity contribution in [1.82, 2.24) is 9.97 Å². The molecule has 0 aromatic carbocycles. The lowest BCUT2D eigenvalue weighted by Crippen LogP contribution is -2.01. The molecule has 0 saturated heterocycles. The van der Waals surface area contributed by atoms with Crippen molar-refractivity contribution < 1.29 is 17.5 Å². The van der Waals surface area contributed by atoms with Gasteiger partial charge in [-0.1, -0.05) is 6.08 Å². The fourth-order valence-electron chi connectivity index (χ4n) is 1.69. The molecule has 0 saturated carbocycles.